The van der Waals surface area contributed by atoms with Crippen molar-refractivity contribution < 1.29 is 14.6 Å². The van der Waals surface area contributed by atoms with Crippen LogP contribution in [0.25, 0.3) is 0 Å². The van der Waals surface area contributed by atoms with Crippen molar-refractivity contribution in [1.29, 1.82) is 0 Å². The van der Waals surface area contributed by atoms with Crippen LogP contribution in [0.5, 0.6) is 5.75 Å². The molecule has 1 aromatic carbocycles. The maximum atomic E-state index is 10.1. The van der Waals surface area contributed by atoms with E-state index in [2.05, 4.69) is 6.92 Å². The zero-order chi connectivity index (χ0) is 12.7. The number of hydrogen-bond acceptors (Lipinski definition) is 3. The lowest BCUT2D eigenvalue weighted by molar-refractivity contribution is -0.00464. The molecule has 0 heterocycles. The number of benzene rings is 1. The van der Waals surface area contributed by atoms with Crippen molar-refractivity contribution in [2.45, 2.75) is 39.4 Å². The molecule has 0 saturated carbocycles. The third-order valence-corrected chi connectivity index (χ3v) is 2.69. The number of hydrogen-bond donors (Lipinski definition) is 1. The molecular weight excluding hydrogens is 216 g/mol. The zero-order valence-corrected chi connectivity index (χ0v) is 10.8. The Morgan fingerprint density at radius 1 is 1.24 bits per heavy atom. The molecule has 0 fully saturated rings. The van der Waals surface area contributed by atoms with Crippen LogP contribution in [-0.2, 0) is 4.74 Å². The van der Waals surface area contributed by atoms with Crippen molar-refractivity contribution in [3.05, 3.63) is 29.8 Å². The lowest BCUT2D eigenvalue weighted by Gasteiger charge is -2.18. The summed E-state index contributed by atoms with van der Waals surface area (Å²) in [5.74, 6) is 0.732. The van der Waals surface area contributed by atoms with Crippen molar-refractivity contribution >= 4 is 0 Å². The molecule has 0 radical (unpaired) electrons. The molecule has 0 saturated heterocycles. The predicted octanol–water partition coefficient (Wildman–Crippen LogP) is 2.93. The molecule has 96 valence electrons. The van der Waals surface area contributed by atoms with E-state index in [0.29, 0.717) is 13.2 Å². The average molecular weight is 238 g/mol. The van der Waals surface area contributed by atoms with Crippen LogP contribution in [0.15, 0.2) is 24.3 Å². The smallest absolute Gasteiger partial charge is 0.125 e. The molecule has 0 aliphatic rings. The number of ether oxygens (including phenoxy) is 2. The van der Waals surface area contributed by atoms with Gasteiger partial charge in [-0.15, -0.1) is 0 Å². The van der Waals surface area contributed by atoms with Gasteiger partial charge in [0.25, 0.3) is 0 Å². The molecule has 1 N–H and O–H groups in total. The third kappa shape index (κ3) is 4.36. The van der Waals surface area contributed by atoms with Gasteiger partial charge in [0.05, 0.1) is 19.3 Å². The van der Waals surface area contributed by atoms with Crippen LogP contribution in [0, 0.1) is 0 Å². The maximum absolute atomic E-state index is 10.1. The van der Waals surface area contributed by atoms with Crippen LogP contribution >= 0.6 is 0 Å². The van der Waals surface area contributed by atoms with Crippen molar-refractivity contribution in [1.82, 2.24) is 0 Å². The Labute approximate surface area is 103 Å². The largest absolute Gasteiger partial charge is 0.493 e. The highest BCUT2D eigenvalue weighted by atomic mass is 16.5. The Hall–Kier alpha value is -1.06. The first-order chi connectivity index (χ1) is 8.19. The number of para-hydroxylation sites is 1. The van der Waals surface area contributed by atoms with Crippen LogP contribution in [-0.4, -0.2) is 24.4 Å². The minimum Gasteiger partial charge on any atom is -0.493 e. The molecule has 17 heavy (non-hydrogen) atoms. The van der Waals surface area contributed by atoms with Gasteiger partial charge in [-0.25, -0.2) is 0 Å². The fourth-order valence-corrected chi connectivity index (χ4v) is 1.51. The maximum Gasteiger partial charge on any atom is 0.125 e. The van der Waals surface area contributed by atoms with Crippen LogP contribution in [0.2, 0.25) is 0 Å². The summed E-state index contributed by atoms with van der Waals surface area (Å²) in [4.78, 5) is 0. The number of aliphatic hydroxyl groups excluding tert-OH is 1. The monoisotopic (exact) mass is 238 g/mol. The fraction of sp³-hybridized carbons (Fsp3) is 0.571. The second kappa shape index (κ2) is 7.30. The van der Waals surface area contributed by atoms with Gasteiger partial charge in [0, 0.05) is 5.56 Å². The van der Waals surface area contributed by atoms with E-state index in [9.17, 15) is 5.11 Å². The van der Waals surface area contributed by atoms with E-state index in [1.54, 1.807) is 0 Å². The summed E-state index contributed by atoms with van der Waals surface area (Å²) in [5, 5.41) is 10.1. The van der Waals surface area contributed by atoms with Gasteiger partial charge in [0.15, 0.2) is 0 Å². The average Bonchev–Trinajstić information content (AvgIpc) is 2.36. The molecule has 1 rings (SSSR count). The lowest BCUT2D eigenvalue weighted by Crippen LogP contribution is -2.14. The van der Waals surface area contributed by atoms with Crippen LogP contribution < -0.4 is 4.74 Å². The molecule has 0 aromatic heterocycles. The molecule has 1 aromatic rings. The van der Waals surface area contributed by atoms with Gasteiger partial charge in [0.2, 0.25) is 0 Å². The summed E-state index contributed by atoms with van der Waals surface area (Å²) in [7, 11) is 0. The van der Waals surface area contributed by atoms with Gasteiger partial charge in [-0.05, 0) is 26.3 Å². The standard InChI is InChI=1S/C14H22O3/c1-4-11(3)17-10-13(15)12-8-6-7-9-14(12)16-5-2/h6-9,11,13,15H,4-5,10H2,1-3H3. The Bertz CT molecular complexity index is 325. The number of aliphatic hydroxyl groups is 1. The van der Waals surface area contributed by atoms with Gasteiger partial charge < -0.3 is 14.6 Å². The van der Waals surface area contributed by atoms with Gasteiger partial charge >= 0.3 is 0 Å². The molecular formula is C14H22O3. The second-order valence-corrected chi connectivity index (χ2v) is 4.04. The normalized spacial score (nSPS) is 14.4. The molecule has 0 amide bonds. The van der Waals surface area contributed by atoms with E-state index in [4.69, 9.17) is 9.47 Å². The fourth-order valence-electron chi connectivity index (χ4n) is 1.51. The molecule has 2 unspecified atom stereocenters. The zero-order valence-electron chi connectivity index (χ0n) is 10.8. The van der Waals surface area contributed by atoms with E-state index < -0.39 is 6.10 Å². The summed E-state index contributed by atoms with van der Waals surface area (Å²) >= 11 is 0. The third-order valence-electron chi connectivity index (χ3n) is 2.69. The van der Waals surface area contributed by atoms with Gasteiger partial charge in [-0.3, -0.25) is 0 Å². The molecule has 0 spiro atoms. The SMILES string of the molecule is CCOc1ccccc1C(O)COC(C)CC. The van der Waals surface area contributed by atoms with E-state index in [1.165, 1.54) is 0 Å². The Balaban J connectivity index is 2.64. The highest BCUT2D eigenvalue weighted by molar-refractivity contribution is 5.35. The second-order valence-electron chi connectivity index (χ2n) is 4.04. The van der Waals surface area contributed by atoms with Gasteiger partial charge in [0.1, 0.15) is 11.9 Å². The molecule has 0 bridgehead atoms. The summed E-state index contributed by atoms with van der Waals surface area (Å²) in [6.07, 6.45) is 0.482. The first-order valence-electron chi connectivity index (χ1n) is 6.20. The molecule has 3 nitrogen and oxygen atoms in total. The highest BCUT2D eigenvalue weighted by Gasteiger charge is 2.14. The topological polar surface area (TPSA) is 38.7 Å². The number of rotatable bonds is 7. The van der Waals surface area contributed by atoms with E-state index in [0.717, 1.165) is 17.7 Å². The van der Waals surface area contributed by atoms with Crippen molar-refractivity contribution in [3.63, 3.8) is 0 Å². The Morgan fingerprint density at radius 2 is 1.94 bits per heavy atom. The summed E-state index contributed by atoms with van der Waals surface area (Å²) in [6.45, 7) is 6.89. The minimum absolute atomic E-state index is 0.170. The van der Waals surface area contributed by atoms with E-state index in [1.807, 2.05) is 38.1 Å². The van der Waals surface area contributed by atoms with E-state index in [-0.39, 0.29) is 6.10 Å². The van der Waals surface area contributed by atoms with Crippen LogP contribution in [0.3, 0.4) is 0 Å². The lowest BCUT2D eigenvalue weighted by atomic mass is 10.1. The van der Waals surface area contributed by atoms with Gasteiger partial charge in [-0.1, -0.05) is 25.1 Å². The van der Waals surface area contributed by atoms with Crippen molar-refractivity contribution in [2.75, 3.05) is 13.2 Å². The Morgan fingerprint density at radius 3 is 2.59 bits per heavy atom. The van der Waals surface area contributed by atoms with Crippen LogP contribution in [0.1, 0.15) is 38.9 Å². The minimum atomic E-state index is -0.633. The quantitative estimate of drug-likeness (QED) is 0.793. The predicted molar refractivity (Wildman–Crippen MR) is 68.3 cm³/mol. The van der Waals surface area contributed by atoms with Crippen molar-refractivity contribution in [3.8, 4) is 5.75 Å². The molecule has 0 aliphatic heterocycles. The van der Waals surface area contributed by atoms with Crippen LogP contribution in [0.4, 0.5) is 0 Å². The van der Waals surface area contributed by atoms with Gasteiger partial charge in [-0.2, -0.15) is 0 Å². The first kappa shape index (κ1) is 14.0. The van der Waals surface area contributed by atoms with E-state index >= 15 is 0 Å². The molecule has 2 atom stereocenters. The molecule has 0 aliphatic carbocycles. The molecule has 3 heteroatoms. The highest BCUT2D eigenvalue weighted by Crippen LogP contribution is 2.25. The summed E-state index contributed by atoms with van der Waals surface area (Å²) in [5.41, 5.74) is 0.789. The summed E-state index contributed by atoms with van der Waals surface area (Å²) < 4.78 is 11.0. The first-order valence-corrected chi connectivity index (χ1v) is 6.20. The Kier molecular flexibility index (Phi) is 6.01. The van der Waals surface area contributed by atoms with Crippen molar-refractivity contribution in [2.24, 2.45) is 0 Å². The summed E-state index contributed by atoms with van der Waals surface area (Å²) in [6, 6.07) is 7.53.